The van der Waals surface area contributed by atoms with E-state index in [1.165, 1.54) is 0 Å². The predicted octanol–water partition coefficient (Wildman–Crippen LogP) is 5.83. The fourth-order valence-corrected chi connectivity index (χ4v) is 3.18. The number of anilines is 1. The van der Waals surface area contributed by atoms with Gasteiger partial charge >= 0.3 is 0 Å². The summed E-state index contributed by atoms with van der Waals surface area (Å²) in [7, 11) is 0. The van der Waals surface area contributed by atoms with Crippen molar-refractivity contribution >= 4 is 28.5 Å². The minimum atomic E-state index is 0.676. The number of benzene rings is 2. The standard InChI is InChI=1S/C22H19ClN4/c1-2-12-24-21-20-18(15-8-10-17(23)11-9-15)13-19(16-6-4-3-5-7-16)27-22(20)26-14-25-21/h3-11,13-14H,2,12H2,1H3,(H,24,25,26,27). The minimum Gasteiger partial charge on any atom is -0.369 e. The van der Waals surface area contributed by atoms with Gasteiger partial charge in [-0.3, -0.25) is 0 Å². The van der Waals surface area contributed by atoms with Gasteiger partial charge in [0.05, 0.1) is 11.1 Å². The Morgan fingerprint density at radius 3 is 2.44 bits per heavy atom. The summed E-state index contributed by atoms with van der Waals surface area (Å²) >= 11 is 6.09. The second-order valence-corrected chi connectivity index (χ2v) is 6.71. The molecule has 0 amide bonds. The molecule has 0 aliphatic heterocycles. The quantitative estimate of drug-likeness (QED) is 0.477. The van der Waals surface area contributed by atoms with Crippen molar-refractivity contribution < 1.29 is 0 Å². The summed E-state index contributed by atoms with van der Waals surface area (Å²) in [5, 5.41) is 5.03. The van der Waals surface area contributed by atoms with E-state index >= 15 is 0 Å². The van der Waals surface area contributed by atoms with Crippen molar-refractivity contribution in [3.05, 3.63) is 72.0 Å². The molecule has 4 aromatic rings. The fourth-order valence-electron chi connectivity index (χ4n) is 3.06. The number of nitrogens with zero attached hydrogens (tertiary/aromatic N) is 3. The van der Waals surface area contributed by atoms with Crippen molar-refractivity contribution in [3.8, 4) is 22.4 Å². The largest absolute Gasteiger partial charge is 0.369 e. The molecular formula is C22H19ClN4. The summed E-state index contributed by atoms with van der Waals surface area (Å²) in [4.78, 5) is 13.7. The lowest BCUT2D eigenvalue weighted by Gasteiger charge is -2.13. The van der Waals surface area contributed by atoms with Gasteiger partial charge in [0.1, 0.15) is 12.1 Å². The number of pyridine rings is 1. The average Bonchev–Trinajstić information content (AvgIpc) is 2.72. The SMILES string of the molecule is CCCNc1ncnc2nc(-c3ccccc3)cc(-c3ccc(Cl)cc3)c12. The van der Waals surface area contributed by atoms with Gasteiger partial charge in [0.15, 0.2) is 5.65 Å². The number of nitrogens with one attached hydrogen (secondary N) is 1. The van der Waals surface area contributed by atoms with Crippen molar-refractivity contribution in [3.63, 3.8) is 0 Å². The van der Waals surface area contributed by atoms with E-state index in [2.05, 4.69) is 40.4 Å². The van der Waals surface area contributed by atoms with Gasteiger partial charge in [-0.2, -0.15) is 0 Å². The third-order valence-electron chi connectivity index (χ3n) is 4.37. The fraction of sp³-hybridized carbons (Fsp3) is 0.136. The van der Waals surface area contributed by atoms with Gasteiger partial charge in [-0.25, -0.2) is 15.0 Å². The summed E-state index contributed by atoms with van der Waals surface area (Å²) in [5.41, 5.74) is 4.70. The molecule has 4 rings (SSSR count). The van der Waals surface area contributed by atoms with Crippen LogP contribution in [-0.2, 0) is 0 Å². The maximum atomic E-state index is 6.09. The zero-order valence-corrected chi connectivity index (χ0v) is 15.7. The molecule has 2 heterocycles. The maximum absolute atomic E-state index is 6.09. The Bertz CT molecular complexity index is 1060. The van der Waals surface area contributed by atoms with Crippen LogP contribution in [0, 0.1) is 0 Å². The lowest BCUT2D eigenvalue weighted by atomic mass is 10.00. The van der Waals surface area contributed by atoms with Gasteiger partial charge in [-0.1, -0.05) is 61.0 Å². The van der Waals surface area contributed by atoms with E-state index in [-0.39, 0.29) is 0 Å². The van der Waals surface area contributed by atoms with Crippen LogP contribution in [0.3, 0.4) is 0 Å². The topological polar surface area (TPSA) is 50.7 Å². The van der Waals surface area contributed by atoms with E-state index < -0.39 is 0 Å². The third kappa shape index (κ3) is 3.62. The Morgan fingerprint density at radius 2 is 1.70 bits per heavy atom. The van der Waals surface area contributed by atoms with E-state index in [0.717, 1.165) is 46.6 Å². The van der Waals surface area contributed by atoms with Crippen molar-refractivity contribution in [1.29, 1.82) is 0 Å². The van der Waals surface area contributed by atoms with Crippen LogP contribution < -0.4 is 5.32 Å². The van der Waals surface area contributed by atoms with Crippen LogP contribution in [0.25, 0.3) is 33.4 Å². The van der Waals surface area contributed by atoms with Crippen LogP contribution in [0.2, 0.25) is 5.02 Å². The summed E-state index contributed by atoms with van der Waals surface area (Å²) in [6.45, 7) is 2.97. The molecule has 1 N–H and O–H groups in total. The van der Waals surface area contributed by atoms with E-state index in [0.29, 0.717) is 10.7 Å². The lowest BCUT2D eigenvalue weighted by molar-refractivity contribution is 0.969. The lowest BCUT2D eigenvalue weighted by Crippen LogP contribution is -2.04. The van der Waals surface area contributed by atoms with Crippen LogP contribution in [0.4, 0.5) is 5.82 Å². The summed E-state index contributed by atoms with van der Waals surface area (Å²) in [6.07, 6.45) is 2.57. The normalized spacial score (nSPS) is 10.9. The van der Waals surface area contributed by atoms with Crippen LogP contribution in [0.15, 0.2) is 67.0 Å². The van der Waals surface area contributed by atoms with Gasteiger partial charge in [-0.15, -0.1) is 0 Å². The van der Waals surface area contributed by atoms with Crippen molar-refractivity contribution in [2.75, 3.05) is 11.9 Å². The first-order chi connectivity index (χ1) is 13.3. The van der Waals surface area contributed by atoms with E-state index in [1.54, 1.807) is 6.33 Å². The van der Waals surface area contributed by atoms with E-state index in [1.807, 2.05) is 42.5 Å². The minimum absolute atomic E-state index is 0.676. The zero-order chi connectivity index (χ0) is 18.6. The molecule has 4 nitrogen and oxygen atoms in total. The molecule has 0 spiro atoms. The smallest absolute Gasteiger partial charge is 0.165 e. The van der Waals surface area contributed by atoms with Crippen LogP contribution in [0.5, 0.6) is 0 Å². The summed E-state index contributed by atoms with van der Waals surface area (Å²) in [5.74, 6) is 0.805. The van der Waals surface area contributed by atoms with Gasteiger partial charge in [0.25, 0.3) is 0 Å². The molecule has 27 heavy (non-hydrogen) atoms. The van der Waals surface area contributed by atoms with Crippen molar-refractivity contribution in [2.24, 2.45) is 0 Å². The molecule has 0 radical (unpaired) electrons. The molecule has 134 valence electrons. The highest BCUT2D eigenvalue weighted by atomic mass is 35.5. The number of halogens is 1. The highest BCUT2D eigenvalue weighted by molar-refractivity contribution is 6.30. The second-order valence-electron chi connectivity index (χ2n) is 6.28. The second kappa shape index (κ2) is 7.72. The Labute approximate surface area is 163 Å². The number of hydrogen-bond donors (Lipinski definition) is 1. The molecule has 0 saturated carbocycles. The first-order valence-corrected chi connectivity index (χ1v) is 9.35. The Balaban J connectivity index is 1.99. The molecule has 0 fully saturated rings. The van der Waals surface area contributed by atoms with E-state index in [9.17, 15) is 0 Å². The first kappa shape index (κ1) is 17.4. The molecule has 0 unspecified atom stereocenters. The number of hydrogen-bond acceptors (Lipinski definition) is 4. The maximum Gasteiger partial charge on any atom is 0.165 e. The van der Waals surface area contributed by atoms with Gasteiger partial charge in [-0.05, 0) is 35.7 Å². The summed E-state index contributed by atoms with van der Waals surface area (Å²) in [6, 6.07) is 20.1. The molecule has 0 saturated heterocycles. The number of rotatable bonds is 5. The number of aromatic nitrogens is 3. The van der Waals surface area contributed by atoms with Crippen molar-refractivity contribution in [1.82, 2.24) is 15.0 Å². The third-order valence-corrected chi connectivity index (χ3v) is 4.62. The molecule has 5 heteroatoms. The highest BCUT2D eigenvalue weighted by Crippen LogP contribution is 2.35. The van der Waals surface area contributed by atoms with Crippen LogP contribution in [-0.4, -0.2) is 21.5 Å². The Hall–Kier alpha value is -2.98. The van der Waals surface area contributed by atoms with Crippen molar-refractivity contribution in [2.45, 2.75) is 13.3 Å². The van der Waals surface area contributed by atoms with Gasteiger partial charge in [0, 0.05) is 17.1 Å². The molecule has 2 aromatic carbocycles. The Kier molecular flexibility index (Phi) is 4.99. The molecule has 0 bridgehead atoms. The predicted molar refractivity (Wildman–Crippen MR) is 112 cm³/mol. The van der Waals surface area contributed by atoms with Gasteiger partial charge in [0.2, 0.25) is 0 Å². The number of fused-ring (bicyclic) bond motifs is 1. The molecule has 2 aromatic heterocycles. The van der Waals surface area contributed by atoms with E-state index in [4.69, 9.17) is 16.6 Å². The monoisotopic (exact) mass is 374 g/mol. The molecule has 0 atom stereocenters. The summed E-state index contributed by atoms with van der Waals surface area (Å²) < 4.78 is 0. The molecular weight excluding hydrogens is 356 g/mol. The average molecular weight is 375 g/mol. The van der Waals surface area contributed by atoms with Gasteiger partial charge < -0.3 is 5.32 Å². The molecule has 0 aliphatic rings. The highest BCUT2D eigenvalue weighted by Gasteiger charge is 2.14. The zero-order valence-electron chi connectivity index (χ0n) is 15.0. The van der Waals surface area contributed by atoms with Crippen LogP contribution >= 0.6 is 11.6 Å². The Morgan fingerprint density at radius 1 is 0.926 bits per heavy atom. The first-order valence-electron chi connectivity index (χ1n) is 8.97. The molecule has 0 aliphatic carbocycles. The van der Waals surface area contributed by atoms with Crippen LogP contribution in [0.1, 0.15) is 13.3 Å².